The van der Waals surface area contributed by atoms with Gasteiger partial charge in [0.1, 0.15) is 6.10 Å². The van der Waals surface area contributed by atoms with Gasteiger partial charge >= 0.3 is 5.97 Å². The summed E-state index contributed by atoms with van der Waals surface area (Å²) >= 11 is 0. The van der Waals surface area contributed by atoms with E-state index in [0.29, 0.717) is 25.7 Å². The number of ether oxygens (including phenoxy) is 2. The molecule has 0 bridgehead atoms. The van der Waals surface area contributed by atoms with Gasteiger partial charge in [-0.3, -0.25) is 0 Å². The Kier molecular flexibility index (Phi) is 21.5. The Labute approximate surface area is 302 Å². The van der Waals surface area contributed by atoms with Crippen molar-refractivity contribution in [2.45, 2.75) is 243 Å². The third-order valence-electron chi connectivity index (χ3n) is 11.4. The summed E-state index contributed by atoms with van der Waals surface area (Å²) in [7, 11) is -1.95. The van der Waals surface area contributed by atoms with Gasteiger partial charge in [-0.05, 0) is 76.1 Å². The van der Waals surface area contributed by atoms with Gasteiger partial charge in [0.15, 0.2) is 8.32 Å². The molecule has 0 spiro atoms. The largest absolute Gasteiger partial charge is 0.455 e. The lowest BCUT2D eigenvalue weighted by Gasteiger charge is -2.39. The topological polar surface area (TPSA) is 105 Å². The lowest BCUT2D eigenvalue weighted by atomic mass is 9.97. The van der Waals surface area contributed by atoms with Crippen molar-refractivity contribution >= 4 is 14.3 Å². The van der Waals surface area contributed by atoms with Crippen molar-refractivity contribution in [1.29, 1.82) is 0 Å². The highest BCUT2D eigenvalue weighted by molar-refractivity contribution is 6.74. The Bertz CT molecular complexity index is 916. The summed E-state index contributed by atoms with van der Waals surface area (Å²) in [6.07, 6.45) is 24.1. The smallest absolute Gasteiger partial charge is 0.334 e. The molecule has 2 rings (SSSR count). The minimum Gasteiger partial charge on any atom is -0.455 e. The van der Waals surface area contributed by atoms with Gasteiger partial charge in [0.2, 0.25) is 0 Å². The Balaban J connectivity index is 1.55. The molecule has 7 nitrogen and oxygen atoms in total. The number of hydrogen-bond acceptors (Lipinski definition) is 7. The number of hydrogen-bond donors (Lipinski definition) is 3. The molecule has 49 heavy (non-hydrogen) atoms. The molecule has 0 radical (unpaired) electrons. The highest BCUT2D eigenvalue weighted by atomic mass is 28.4. The number of aliphatic hydroxyl groups is 3. The Morgan fingerprint density at radius 3 is 1.92 bits per heavy atom. The normalized spacial score (nSPS) is 22.6. The summed E-state index contributed by atoms with van der Waals surface area (Å²) in [5, 5.41) is 31.8. The molecule has 0 aliphatic carbocycles. The average Bonchev–Trinajstić information content (AvgIpc) is 3.64. The quantitative estimate of drug-likeness (QED) is 0.0422. The second-order valence-corrected chi connectivity index (χ2v) is 21.7. The first kappa shape index (κ1) is 44.4. The van der Waals surface area contributed by atoms with Gasteiger partial charge in [0.25, 0.3) is 0 Å². The summed E-state index contributed by atoms with van der Waals surface area (Å²) in [4.78, 5) is 12.3. The van der Waals surface area contributed by atoms with E-state index in [2.05, 4.69) is 40.8 Å². The van der Waals surface area contributed by atoms with Crippen LogP contribution < -0.4 is 0 Å². The molecule has 0 amide bonds. The first-order valence-electron chi connectivity index (χ1n) is 20.5. The Morgan fingerprint density at radius 2 is 1.35 bits per heavy atom. The van der Waals surface area contributed by atoms with Gasteiger partial charge in [0.05, 0.1) is 30.5 Å². The molecule has 2 aliphatic heterocycles. The zero-order chi connectivity index (χ0) is 36.3. The number of carbonyl (C=O) groups is 1. The van der Waals surface area contributed by atoms with Gasteiger partial charge < -0.3 is 29.2 Å². The van der Waals surface area contributed by atoms with Crippen molar-refractivity contribution in [3.8, 4) is 0 Å². The van der Waals surface area contributed by atoms with Crippen molar-refractivity contribution < 1.29 is 34.0 Å². The van der Waals surface area contributed by atoms with Crippen LogP contribution >= 0.6 is 0 Å². The zero-order valence-corrected chi connectivity index (χ0v) is 33.9. The minimum absolute atomic E-state index is 0.0501. The molecular formula is C41H78O7Si. The van der Waals surface area contributed by atoms with Crippen molar-refractivity contribution in [2.75, 3.05) is 0 Å². The molecule has 0 saturated carbocycles. The van der Waals surface area contributed by atoms with E-state index in [9.17, 15) is 20.1 Å². The number of rotatable bonds is 28. The number of unbranched alkanes of at least 4 members (excludes halogenated alkanes) is 13. The minimum atomic E-state index is -1.95. The van der Waals surface area contributed by atoms with Gasteiger partial charge in [-0.1, -0.05) is 124 Å². The SMILES string of the molecule is CCCCCCCCCCCC[C@@H](O)[C@H](O)CC[C@H](O)[C@@H]1CC[C@@H](CCCCCCC[C@H](CC2=C[C@H](C)OC2=O)O[Si](C)(C)C(C)(C)C)O1. The zero-order valence-electron chi connectivity index (χ0n) is 32.9. The fourth-order valence-corrected chi connectivity index (χ4v) is 8.47. The fourth-order valence-electron chi connectivity index (χ4n) is 7.08. The van der Waals surface area contributed by atoms with Crippen LogP contribution in [0.3, 0.4) is 0 Å². The van der Waals surface area contributed by atoms with E-state index < -0.39 is 26.6 Å². The van der Waals surface area contributed by atoms with Crippen LogP contribution in [0.15, 0.2) is 11.6 Å². The van der Waals surface area contributed by atoms with E-state index in [1.54, 1.807) is 0 Å². The highest BCUT2D eigenvalue weighted by Crippen LogP contribution is 2.39. The monoisotopic (exact) mass is 711 g/mol. The molecule has 0 aromatic carbocycles. The van der Waals surface area contributed by atoms with Crippen molar-refractivity contribution in [3.63, 3.8) is 0 Å². The first-order valence-corrected chi connectivity index (χ1v) is 23.4. The molecule has 0 aromatic heterocycles. The second kappa shape index (κ2) is 23.7. The van der Waals surface area contributed by atoms with Crippen LogP contribution in [0.25, 0.3) is 0 Å². The molecule has 7 atom stereocenters. The average molecular weight is 711 g/mol. The van der Waals surface area contributed by atoms with Crippen molar-refractivity contribution in [1.82, 2.24) is 0 Å². The predicted molar refractivity (Wildman–Crippen MR) is 204 cm³/mol. The molecular weight excluding hydrogens is 633 g/mol. The number of esters is 1. The summed E-state index contributed by atoms with van der Waals surface area (Å²) in [6.45, 7) is 15.5. The van der Waals surface area contributed by atoms with Crippen LogP contribution in [0.1, 0.15) is 182 Å². The van der Waals surface area contributed by atoms with Crippen LogP contribution in [0, 0.1) is 0 Å². The van der Waals surface area contributed by atoms with Gasteiger partial charge in [0, 0.05) is 18.1 Å². The third kappa shape index (κ3) is 18.0. The molecule has 3 N–H and O–H groups in total. The predicted octanol–water partition coefficient (Wildman–Crippen LogP) is 10.1. The molecule has 1 fully saturated rings. The first-order chi connectivity index (χ1) is 23.2. The van der Waals surface area contributed by atoms with E-state index in [-0.39, 0.29) is 35.4 Å². The number of cyclic esters (lactones) is 1. The van der Waals surface area contributed by atoms with Crippen LogP contribution in [-0.2, 0) is 18.7 Å². The maximum absolute atomic E-state index is 12.3. The van der Waals surface area contributed by atoms with Crippen LogP contribution in [-0.4, -0.2) is 72.3 Å². The van der Waals surface area contributed by atoms with Gasteiger partial charge in [-0.15, -0.1) is 0 Å². The molecule has 2 heterocycles. The Hall–Kier alpha value is -0.773. The van der Waals surface area contributed by atoms with E-state index >= 15 is 0 Å². The van der Waals surface area contributed by atoms with Gasteiger partial charge in [-0.2, -0.15) is 0 Å². The molecule has 2 aliphatic rings. The van der Waals surface area contributed by atoms with Crippen LogP contribution in [0.5, 0.6) is 0 Å². The fraction of sp³-hybridized carbons (Fsp3) is 0.927. The molecule has 1 saturated heterocycles. The summed E-state index contributed by atoms with van der Waals surface area (Å²) < 4.78 is 18.3. The summed E-state index contributed by atoms with van der Waals surface area (Å²) in [6, 6.07) is 0. The van der Waals surface area contributed by atoms with E-state index in [0.717, 1.165) is 63.4 Å². The third-order valence-corrected chi connectivity index (χ3v) is 15.9. The van der Waals surface area contributed by atoms with E-state index in [1.807, 2.05) is 13.0 Å². The number of aliphatic hydroxyl groups excluding tert-OH is 3. The second-order valence-electron chi connectivity index (χ2n) is 17.0. The molecule has 0 unspecified atom stereocenters. The molecule has 8 heteroatoms. The molecule has 288 valence electrons. The van der Waals surface area contributed by atoms with Gasteiger partial charge in [-0.25, -0.2) is 4.79 Å². The standard InChI is InChI=1S/C41H78O7Si/c1-8-9-10-11-12-13-14-15-19-22-25-36(42)37(43)27-28-38(44)39-29-26-34(47-39)23-20-17-16-18-21-24-35(48-49(6,7)41(3,4)5)31-33-30-32(2)46-40(33)45/h30,32,34-39,42-44H,8-29,31H2,1-7H3/t32-,34+,35+,36+,37+,38-,39-/m0/s1. The maximum atomic E-state index is 12.3. The van der Waals surface area contributed by atoms with Crippen LogP contribution in [0.2, 0.25) is 18.1 Å². The number of carbonyl (C=O) groups excluding carboxylic acids is 1. The van der Waals surface area contributed by atoms with E-state index in [1.165, 1.54) is 64.2 Å². The summed E-state index contributed by atoms with van der Waals surface area (Å²) in [5.41, 5.74) is 0.768. The van der Waals surface area contributed by atoms with Crippen LogP contribution in [0.4, 0.5) is 0 Å². The summed E-state index contributed by atoms with van der Waals surface area (Å²) in [5.74, 6) is -0.188. The maximum Gasteiger partial charge on any atom is 0.334 e. The van der Waals surface area contributed by atoms with E-state index in [4.69, 9.17) is 13.9 Å². The van der Waals surface area contributed by atoms with Crippen molar-refractivity contribution in [2.24, 2.45) is 0 Å². The highest BCUT2D eigenvalue weighted by Gasteiger charge is 2.40. The molecule has 0 aromatic rings. The lowest BCUT2D eigenvalue weighted by Crippen LogP contribution is -2.44. The van der Waals surface area contributed by atoms with Crippen molar-refractivity contribution in [3.05, 3.63) is 11.6 Å². The lowest BCUT2D eigenvalue weighted by molar-refractivity contribution is -0.139. The Morgan fingerprint density at radius 1 is 0.796 bits per heavy atom.